The van der Waals surface area contributed by atoms with Gasteiger partial charge >= 0.3 is 0 Å². The Morgan fingerprint density at radius 3 is 2.47 bits per heavy atom. The highest BCUT2D eigenvalue weighted by Crippen LogP contribution is 2.17. The lowest BCUT2D eigenvalue weighted by Gasteiger charge is -2.20. The Morgan fingerprint density at radius 1 is 1.21 bits per heavy atom. The molecule has 0 aliphatic carbocycles. The van der Waals surface area contributed by atoms with E-state index in [1.807, 2.05) is 19.9 Å². The largest absolute Gasteiger partial charge is 0.307 e. The molecular weight excluding hydrogens is 243 g/mol. The van der Waals surface area contributed by atoms with Crippen LogP contribution in [-0.4, -0.2) is 17.4 Å². The molecule has 0 saturated heterocycles. The van der Waals surface area contributed by atoms with Gasteiger partial charge in [0.1, 0.15) is 11.5 Å². The number of aromatic nitrogens is 1. The second-order valence-corrected chi connectivity index (χ2v) is 4.19. The van der Waals surface area contributed by atoms with Gasteiger partial charge in [0, 0.05) is 17.9 Å². The van der Waals surface area contributed by atoms with Crippen molar-refractivity contribution in [1.29, 1.82) is 0 Å². The smallest absolute Gasteiger partial charge is 0.276 e. The first-order valence-electron chi connectivity index (χ1n) is 6.13. The molecule has 0 saturated carbocycles. The second-order valence-electron chi connectivity index (χ2n) is 4.19. The van der Waals surface area contributed by atoms with Crippen LogP contribution in [0.4, 0.5) is 10.1 Å². The van der Waals surface area contributed by atoms with Crippen LogP contribution in [0.25, 0.3) is 0 Å². The summed E-state index contributed by atoms with van der Waals surface area (Å²) < 4.78 is 12.9. The van der Waals surface area contributed by atoms with Gasteiger partial charge in [0.25, 0.3) is 5.91 Å². The van der Waals surface area contributed by atoms with E-state index in [0.717, 1.165) is 5.69 Å². The predicted molar refractivity (Wildman–Crippen MR) is 72.7 cm³/mol. The number of carbonyl (C=O) groups excluding carboxylic acids is 1. The van der Waals surface area contributed by atoms with Crippen molar-refractivity contribution in [3.05, 3.63) is 59.7 Å². The van der Waals surface area contributed by atoms with Crippen LogP contribution in [0.1, 0.15) is 23.1 Å². The monoisotopic (exact) mass is 258 g/mol. The number of carbonyl (C=O) groups is 1. The van der Waals surface area contributed by atoms with Crippen molar-refractivity contribution < 1.29 is 9.18 Å². The summed E-state index contributed by atoms with van der Waals surface area (Å²) in [5, 5.41) is 0. The third kappa shape index (κ3) is 2.96. The molecular formula is C15H15FN2O. The molecule has 0 N–H and O–H groups in total. The first-order chi connectivity index (χ1) is 9.11. The number of nitrogens with zero attached hydrogens (tertiary/aromatic N) is 2. The molecule has 2 aromatic rings. The highest BCUT2D eigenvalue weighted by molar-refractivity contribution is 6.04. The topological polar surface area (TPSA) is 33.2 Å². The summed E-state index contributed by atoms with van der Waals surface area (Å²) in [6.07, 6.45) is 0. The molecule has 0 unspecified atom stereocenters. The summed E-state index contributed by atoms with van der Waals surface area (Å²) >= 11 is 0. The molecule has 0 spiro atoms. The molecule has 19 heavy (non-hydrogen) atoms. The molecule has 0 fully saturated rings. The third-order valence-corrected chi connectivity index (χ3v) is 2.81. The lowest BCUT2D eigenvalue weighted by Crippen LogP contribution is -2.31. The van der Waals surface area contributed by atoms with Crippen molar-refractivity contribution in [2.24, 2.45) is 0 Å². The van der Waals surface area contributed by atoms with Gasteiger partial charge in [-0.15, -0.1) is 0 Å². The summed E-state index contributed by atoms with van der Waals surface area (Å²) in [7, 11) is 0. The molecule has 0 atom stereocenters. The van der Waals surface area contributed by atoms with Crippen LogP contribution in [-0.2, 0) is 0 Å². The van der Waals surface area contributed by atoms with Gasteiger partial charge in [-0.1, -0.05) is 6.07 Å². The summed E-state index contributed by atoms with van der Waals surface area (Å²) in [6.45, 7) is 4.21. The van der Waals surface area contributed by atoms with Gasteiger partial charge in [0.15, 0.2) is 0 Å². The van der Waals surface area contributed by atoms with Crippen LogP contribution >= 0.6 is 0 Å². The molecule has 98 valence electrons. The maximum atomic E-state index is 12.9. The molecule has 4 heteroatoms. The minimum atomic E-state index is -0.319. The van der Waals surface area contributed by atoms with Gasteiger partial charge in [-0.3, -0.25) is 4.79 Å². The van der Waals surface area contributed by atoms with Crippen molar-refractivity contribution in [3.63, 3.8) is 0 Å². The van der Waals surface area contributed by atoms with Crippen molar-refractivity contribution in [2.75, 3.05) is 11.4 Å². The lowest BCUT2D eigenvalue weighted by atomic mass is 10.2. The zero-order chi connectivity index (χ0) is 13.8. The Bertz CT molecular complexity index is 581. The van der Waals surface area contributed by atoms with E-state index in [9.17, 15) is 9.18 Å². The summed E-state index contributed by atoms with van der Waals surface area (Å²) in [5.74, 6) is -0.501. The minimum Gasteiger partial charge on any atom is -0.307 e. The average molecular weight is 258 g/mol. The van der Waals surface area contributed by atoms with E-state index in [1.165, 1.54) is 12.1 Å². The van der Waals surface area contributed by atoms with Gasteiger partial charge in [-0.2, -0.15) is 0 Å². The van der Waals surface area contributed by atoms with Gasteiger partial charge in [0.05, 0.1) is 0 Å². The fraction of sp³-hybridized carbons (Fsp3) is 0.200. The number of amides is 1. The Balaban J connectivity index is 2.31. The van der Waals surface area contributed by atoms with Crippen molar-refractivity contribution >= 4 is 11.6 Å². The van der Waals surface area contributed by atoms with E-state index in [1.54, 1.807) is 29.2 Å². The number of halogens is 1. The molecule has 0 aliphatic rings. The van der Waals surface area contributed by atoms with Crippen LogP contribution in [0.5, 0.6) is 0 Å². The van der Waals surface area contributed by atoms with E-state index in [2.05, 4.69) is 4.98 Å². The molecule has 0 aliphatic heterocycles. The van der Waals surface area contributed by atoms with E-state index in [4.69, 9.17) is 0 Å². The van der Waals surface area contributed by atoms with Crippen LogP contribution in [0.2, 0.25) is 0 Å². The predicted octanol–water partition coefficient (Wildman–Crippen LogP) is 3.20. The summed E-state index contributed by atoms with van der Waals surface area (Å²) in [5.41, 5.74) is 1.85. The standard InChI is InChI=1S/C15H15FN2O/c1-3-18(13-9-7-12(16)8-10-13)15(19)14-6-4-5-11(2)17-14/h4-10H,3H2,1-2H3. The zero-order valence-corrected chi connectivity index (χ0v) is 10.9. The van der Waals surface area contributed by atoms with Crippen LogP contribution < -0.4 is 4.90 Å². The Kier molecular flexibility index (Phi) is 3.90. The summed E-state index contributed by atoms with van der Waals surface area (Å²) in [4.78, 5) is 18.2. The Morgan fingerprint density at radius 2 is 1.89 bits per heavy atom. The van der Waals surface area contributed by atoms with Crippen molar-refractivity contribution in [1.82, 2.24) is 4.98 Å². The first kappa shape index (κ1) is 13.2. The second kappa shape index (κ2) is 5.61. The third-order valence-electron chi connectivity index (χ3n) is 2.81. The normalized spacial score (nSPS) is 10.3. The van der Waals surface area contributed by atoms with Crippen molar-refractivity contribution in [3.8, 4) is 0 Å². The van der Waals surface area contributed by atoms with Crippen LogP contribution in [0.3, 0.4) is 0 Å². The SMILES string of the molecule is CCN(C(=O)c1cccc(C)n1)c1ccc(F)cc1. The molecule has 0 bridgehead atoms. The molecule has 1 aromatic carbocycles. The van der Waals surface area contributed by atoms with E-state index in [0.29, 0.717) is 17.9 Å². The quantitative estimate of drug-likeness (QED) is 0.847. The number of hydrogen-bond donors (Lipinski definition) is 0. The number of rotatable bonds is 3. The van der Waals surface area contributed by atoms with E-state index < -0.39 is 0 Å². The molecule has 2 rings (SSSR count). The Hall–Kier alpha value is -2.23. The average Bonchev–Trinajstić information content (AvgIpc) is 2.41. The number of aryl methyl sites for hydroxylation is 1. The van der Waals surface area contributed by atoms with Crippen LogP contribution in [0.15, 0.2) is 42.5 Å². The number of anilines is 1. The number of pyridine rings is 1. The molecule has 0 radical (unpaired) electrons. The summed E-state index contributed by atoms with van der Waals surface area (Å²) in [6, 6.07) is 11.2. The molecule has 1 aromatic heterocycles. The van der Waals surface area contributed by atoms with Gasteiger partial charge < -0.3 is 4.90 Å². The highest BCUT2D eigenvalue weighted by Gasteiger charge is 2.17. The maximum Gasteiger partial charge on any atom is 0.276 e. The molecule has 1 heterocycles. The highest BCUT2D eigenvalue weighted by atomic mass is 19.1. The van der Waals surface area contributed by atoms with Gasteiger partial charge in [-0.25, -0.2) is 9.37 Å². The molecule has 1 amide bonds. The van der Waals surface area contributed by atoms with Gasteiger partial charge in [0.2, 0.25) is 0 Å². The lowest BCUT2D eigenvalue weighted by molar-refractivity contribution is 0.0983. The van der Waals surface area contributed by atoms with Crippen molar-refractivity contribution in [2.45, 2.75) is 13.8 Å². The van der Waals surface area contributed by atoms with Crippen LogP contribution in [0, 0.1) is 12.7 Å². The van der Waals surface area contributed by atoms with E-state index >= 15 is 0 Å². The minimum absolute atomic E-state index is 0.183. The Labute approximate surface area is 111 Å². The first-order valence-corrected chi connectivity index (χ1v) is 6.13. The number of hydrogen-bond acceptors (Lipinski definition) is 2. The molecule has 3 nitrogen and oxygen atoms in total. The fourth-order valence-corrected chi connectivity index (χ4v) is 1.86. The van der Waals surface area contributed by atoms with Gasteiger partial charge in [-0.05, 0) is 50.2 Å². The van der Waals surface area contributed by atoms with E-state index in [-0.39, 0.29) is 11.7 Å². The fourth-order valence-electron chi connectivity index (χ4n) is 1.86. The zero-order valence-electron chi connectivity index (χ0n) is 10.9. The number of benzene rings is 1. The maximum absolute atomic E-state index is 12.9.